The van der Waals surface area contributed by atoms with E-state index in [1.54, 1.807) is 18.2 Å². The number of anilines is 1. The Hall–Kier alpha value is -1.00. The first kappa shape index (κ1) is 7.11. The number of phenols is 1. The van der Waals surface area contributed by atoms with Gasteiger partial charge in [0.2, 0.25) is 0 Å². The smallest absolute Gasteiger partial charge is 0.183 e. The lowest BCUT2D eigenvalue weighted by atomic mass is 10.3. The Kier molecular flexibility index (Phi) is 2.30. The van der Waals surface area contributed by atoms with Crippen LogP contribution in [0.5, 0.6) is 5.75 Å². The summed E-state index contributed by atoms with van der Waals surface area (Å²) in [5.74, 6) is 0.207. The van der Waals surface area contributed by atoms with E-state index < -0.39 is 0 Å². The molecule has 0 aliphatic carbocycles. The van der Waals surface area contributed by atoms with Crippen LogP contribution in [0.3, 0.4) is 0 Å². The molecule has 54 valence electrons. The quantitative estimate of drug-likeness (QED) is 0.359. The lowest BCUT2D eigenvalue weighted by molar-refractivity contribution is 0.430. The van der Waals surface area contributed by atoms with Gasteiger partial charge in [0.25, 0.3) is 0 Å². The molecular formula is C6H9NO2Si. The van der Waals surface area contributed by atoms with Crippen LogP contribution in [0.25, 0.3) is 0 Å². The SMILES string of the molecule is Oc1ccccc1NO[SiH3]. The number of hydrogen-bond acceptors (Lipinski definition) is 3. The predicted octanol–water partition coefficient (Wildman–Crippen LogP) is 0.0161. The minimum Gasteiger partial charge on any atom is -0.506 e. The second-order valence-electron chi connectivity index (χ2n) is 1.82. The van der Waals surface area contributed by atoms with Gasteiger partial charge in [-0.1, -0.05) is 12.1 Å². The van der Waals surface area contributed by atoms with Crippen LogP contribution in [0.2, 0.25) is 0 Å². The number of nitrogens with one attached hydrogen (secondary N) is 1. The molecule has 1 aromatic rings. The van der Waals surface area contributed by atoms with Gasteiger partial charge in [0.05, 0.1) is 0 Å². The molecule has 0 radical (unpaired) electrons. The van der Waals surface area contributed by atoms with E-state index in [1.807, 2.05) is 6.07 Å². The third-order valence-electron chi connectivity index (χ3n) is 1.12. The average molecular weight is 155 g/mol. The van der Waals surface area contributed by atoms with Gasteiger partial charge in [-0.05, 0) is 12.1 Å². The van der Waals surface area contributed by atoms with Crippen LogP contribution in [-0.4, -0.2) is 15.6 Å². The number of rotatable bonds is 2. The van der Waals surface area contributed by atoms with E-state index in [0.717, 1.165) is 0 Å². The average Bonchev–Trinajstić information content (AvgIpc) is 1.94. The fourth-order valence-corrected chi connectivity index (χ4v) is 0.890. The molecule has 10 heavy (non-hydrogen) atoms. The molecule has 3 nitrogen and oxygen atoms in total. The van der Waals surface area contributed by atoms with Crippen molar-refractivity contribution in [2.24, 2.45) is 0 Å². The molecule has 0 bridgehead atoms. The van der Waals surface area contributed by atoms with Gasteiger partial charge in [0, 0.05) is 0 Å². The molecule has 0 spiro atoms. The molecule has 0 heterocycles. The largest absolute Gasteiger partial charge is 0.506 e. The summed E-state index contributed by atoms with van der Waals surface area (Å²) in [5, 5.41) is 9.11. The monoisotopic (exact) mass is 155 g/mol. The summed E-state index contributed by atoms with van der Waals surface area (Å²) in [6.07, 6.45) is 0. The molecule has 0 atom stereocenters. The van der Waals surface area contributed by atoms with Gasteiger partial charge in [-0.2, -0.15) is 0 Å². The second-order valence-corrected chi connectivity index (χ2v) is 2.23. The summed E-state index contributed by atoms with van der Waals surface area (Å²) in [7, 11) is 0.600. The molecule has 0 saturated heterocycles. The number of hydrogen-bond donors (Lipinski definition) is 2. The zero-order valence-electron chi connectivity index (χ0n) is 5.66. The third-order valence-corrected chi connectivity index (χ3v) is 1.32. The van der Waals surface area contributed by atoms with Gasteiger partial charge in [0.15, 0.2) is 10.5 Å². The fourth-order valence-electron chi connectivity index (χ4n) is 0.670. The van der Waals surface area contributed by atoms with E-state index in [1.165, 1.54) is 0 Å². The number of benzene rings is 1. The van der Waals surface area contributed by atoms with E-state index >= 15 is 0 Å². The zero-order valence-corrected chi connectivity index (χ0v) is 7.66. The van der Waals surface area contributed by atoms with Crippen LogP contribution in [-0.2, 0) is 4.53 Å². The van der Waals surface area contributed by atoms with Gasteiger partial charge in [0.1, 0.15) is 11.4 Å². The van der Waals surface area contributed by atoms with E-state index in [0.29, 0.717) is 16.2 Å². The zero-order chi connectivity index (χ0) is 7.40. The topological polar surface area (TPSA) is 41.5 Å². The Labute approximate surface area is 62.1 Å². The van der Waals surface area contributed by atoms with Crippen LogP contribution in [0.4, 0.5) is 5.69 Å². The molecule has 1 rings (SSSR count). The molecule has 0 fully saturated rings. The highest BCUT2D eigenvalue weighted by molar-refractivity contribution is 5.98. The fraction of sp³-hybridized carbons (Fsp3) is 0. The highest BCUT2D eigenvalue weighted by Crippen LogP contribution is 2.20. The van der Waals surface area contributed by atoms with Crippen molar-refractivity contribution < 1.29 is 9.63 Å². The molecule has 0 saturated carbocycles. The molecule has 0 unspecified atom stereocenters. The maximum absolute atomic E-state index is 9.11. The Morgan fingerprint density at radius 2 is 2.10 bits per heavy atom. The normalized spacial score (nSPS) is 9.60. The molecular weight excluding hydrogens is 146 g/mol. The molecule has 1 aromatic carbocycles. The standard InChI is InChI=1S/C6H9NO2Si/c8-6-4-2-1-3-5(6)7-9-10/h1-4,7-8H,10H3. The first-order valence-electron chi connectivity index (χ1n) is 2.91. The Morgan fingerprint density at radius 3 is 2.70 bits per heavy atom. The number of phenolic OH excluding ortho intramolecular Hbond substituents is 1. The van der Waals surface area contributed by atoms with Crippen LogP contribution >= 0.6 is 0 Å². The second kappa shape index (κ2) is 3.24. The molecule has 0 aromatic heterocycles. The van der Waals surface area contributed by atoms with E-state index in [2.05, 4.69) is 5.48 Å². The third kappa shape index (κ3) is 1.49. The number of aromatic hydroxyl groups is 1. The van der Waals surface area contributed by atoms with Crippen molar-refractivity contribution >= 4 is 16.2 Å². The molecule has 0 amide bonds. The Balaban J connectivity index is 2.81. The van der Waals surface area contributed by atoms with Gasteiger partial charge in [-0.15, -0.1) is 0 Å². The Bertz CT molecular complexity index is 217. The van der Waals surface area contributed by atoms with E-state index in [-0.39, 0.29) is 5.75 Å². The van der Waals surface area contributed by atoms with Crippen LogP contribution in [0, 0.1) is 0 Å². The van der Waals surface area contributed by atoms with Crippen molar-refractivity contribution in [2.45, 2.75) is 0 Å². The van der Waals surface area contributed by atoms with Gasteiger partial charge in [-0.25, -0.2) is 0 Å². The Morgan fingerprint density at radius 1 is 1.40 bits per heavy atom. The van der Waals surface area contributed by atoms with Crippen LogP contribution in [0.1, 0.15) is 0 Å². The highest BCUT2D eigenvalue weighted by Gasteiger charge is 1.94. The van der Waals surface area contributed by atoms with Gasteiger partial charge >= 0.3 is 0 Å². The lowest BCUT2D eigenvalue weighted by Crippen LogP contribution is -1.96. The van der Waals surface area contributed by atoms with Crippen molar-refractivity contribution in [3.63, 3.8) is 0 Å². The van der Waals surface area contributed by atoms with Crippen LogP contribution < -0.4 is 5.48 Å². The van der Waals surface area contributed by atoms with E-state index in [4.69, 9.17) is 9.63 Å². The molecule has 4 heteroatoms. The molecule has 0 aliphatic rings. The summed E-state index contributed by atoms with van der Waals surface area (Å²) >= 11 is 0. The molecule has 0 aliphatic heterocycles. The van der Waals surface area contributed by atoms with Crippen molar-refractivity contribution in [2.75, 3.05) is 5.48 Å². The van der Waals surface area contributed by atoms with Crippen molar-refractivity contribution in [3.8, 4) is 5.75 Å². The summed E-state index contributed by atoms with van der Waals surface area (Å²) in [5.41, 5.74) is 3.20. The maximum atomic E-state index is 9.11. The molecule has 2 N–H and O–H groups in total. The number of para-hydroxylation sites is 2. The van der Waals surface area contributed by atoms with Crippen LogP contribution in [0.15, 0.2) is 24.3 Å². The van der Waals surface area contributed by atoms with Crippen molar-refractivity contribution in [1.29, 1.82) is 0 Å². The summed E-state index contributed by atoms with van der Waals surface area (Å²) in [6.45, 7) is 0. The van der Waals surface area contributed by atoms with E-state index in [9.17, 15) is 0 Å². The van der Waals surface area contributed by atoms with Gasteiger partial charge < -0.3 is 9.63 Å². The minimum atomic E-state index is 0.207. The summed E-state index contributed by atoms with van der Waals surface area (Å²) < 4.78 is 4.74. The van der Waals surface area contributed by atoms with Crippen molar-refractivity contribution in [3.05, 3.63) is 24.3 Å². The van der Waals surface area contributed by atoms with Gasteiger partial charge in [-0.3, -0.25) is 5.48 Å². The summed E-state index contributed by atoms with van der Waals surface area (Å²) in [4.78, 5) is 0. The lowest BCUT2D eigenvalue weighted by Gasteiger charge is -2.03. The highest BCUT2D eigenvalue weighted by atomic mass is 28.2. The first-order valence-corrected chi connectivity index (χ1v) is 3.73. The van der Waals surface area contributed by atoms with Crippen molar-refractivity contribution in [1.82, 2.24) is 0 Å². The first-order chi connectivity index (χ1) is 4.84. The predicted molar refractivity (Wildman–Crippen MR) is 42.8 cm³/mol. The minimum absolute atomic E-state index is 0.207. The maximum Gasteiger partial charge on any atom is 0.183 e. The summed E-state index contributed by atoms with van der Waals surface area (Å²) in [6, 6.07) is 6.92.